The molecule has 0 aliphatic heterocycles. The Labute approximate surface area is 81.6 Å². The summed E-state index contributed by atoms with van der Waals surface area (Å²) >= 11 is 0. The minimum atomic E-state index is -2.15. The Bertz CT molecular complexity index is 223. The molecule has 0 radical (unpaired) electrons. The van der Waals surface area contributed by atoms with Gasteiger partial charge in [-0.15, -0.1) is 0 Å². The molecule has 0 saturated carbocycles. The number of aliphatic imine (C=N–C) groups is 1. The number of carboxylic acid groups (broad SMARTS) is 1. The molecule has 82 valence electrons. The molecule has 1 unspecified atom stereocenters. The van der Waals surface area contributed by atoms with E-state index >= 15 is 0 Å². The van der Waals surface area contributed by atoms with Gasteiger partial charge in [0, 0.05) is 13.0 Å². The summed E-state index contributed by atoms with van der Waals surface area (Å²) in [6, 6.07) is 0. The van der Waals surface area contributed by atoms with Crippen molar-refractivity contribution in [3.63, 3.8) is 0 Å². The zero-order valence-corrected chi connectivity index (χ0v) is 7.81. The van der Waals surface area contributed by atoms with E-state index in [0.29, 0.717) is 19.4 Å². The lowest BCUT2D eigenvalue weighted by atomic mass is 10.1. The fourth-order valence-corrected chi connectivity index (χ4v) is 0.821. The van der Waals surface area contributed by atoms with E-state index in [0.717, 1.165) is 0 Å². The molecule has 7 heteroatoms. The number of guanidine groups is 1. The Morgan fingerprint density at radius 1 is 1.36 bits per heavy atom. The van der Waals surface area contributed by atoms with Crippen LogP contribution in [0.25, 0.3) is 0 Å². The van der Waals surface area contributed by atoms with Crippen molar-refractivity contribution in [3.05, 3.63) is 0 Å². The molecule has 0 heterocycles. The minimum absolute atomic E-state index is 0.00811. The van der Waals surface area contributed by atoms with Crippen LogP contribution in [0, 0.1) is 0 Å². The Morgan fingerprint density at radius 2 is 1.93 bits per heavy atom. The van der Waals surface area contributed by atoms with Crippen molar-refractivity contribution in [1.29, 1.82) is 0 Å². The molecule has 0 amide bonds. The molecule has 0 aromatic heterocycles. The maximum absolute atomic E-state index is 10.4. The van der Waals surface area contributed by atoms with Crippen LogP contribution in [0.5, 0.6) is 0 Å². The molecule has 0 saturated heterocycles. The zero-order chi connectivity index (χ0) is 11.2. The van der Waals surface area contributed by atoms with Gasteiger partial charge in [-0.1, -0.05) is 0 Å². The van der Waals surface area contributed by atoms with Gasteiger partial charge in [-0.2, -0.15) is 0 Å². The summed E-state index contributed by atoms with van der Waals surface area (Å²) in [4.78, 5) is 14.0. The van der Waals surface area contributed by atoms with E-state index in [1.54, 1.807) is 0 Å². The quantitative estimate of drug-likeness (QED) is 0.149. The summed E-state index contributed by atoms with van der Waals surface area (Å²) in [5.41, 5.74) is 13.1. The van der Waals surface area contributed by atoms with Gasteiger partial charge in [0.1, 0.15) is 0 Å². The zero-order valence-electron chi connectivity index (χ0n) is 7.81. The van der Waals surface area contributed by atoms with Gasteiger partial charge in [0.2, 0.25) is 5.72 Å². The highest BCUT2D eigenvalue weighted by molar-refractivity contribution is 5.76. The van der Waals surface area contributed by atoms with Crippen molar-refractivity contribution >= 4 is 11.9 Å². The summed E-state index contributed by atoms with van der Waals surface area (Å²) in [7, 11) is 0. The number of aliphatic carboxylic acids is 1. The second kappa shape index (κ2) is 5.40. The molecular formula is C7H16N4O3. The van der Waals surface area contributed by atoms with Crippen molar-refractivity contribution in [2.75, 3.05) is 6.54 Å². The van der Waals surface area contributed by atoms with Crippen LogP contribution >= 0.6 is 0 Å². The smallest absolute Gasteiger partial charge is 0.350 e. The Morgan fingerprint density at radius 3 is 2.36 bits per heavy atom. The number of aliphatic hydroxyl groups is 1. The van der Waals surface area contributed by atoms with Gasteiger partial charge < -0.3 is 21.7 Å². The van der Waals surface area contributed by atoms with Crippen LogP contribution in [-0.4, -0.2) is 34.4 Å². The molecule has 0 rings (SSSR count). The average molecular weight is 204 g/mol. The number of hydrogen-bond acceptors (Lipinski definition) is 4. The van der Waals surface area contributed by atoms with E-state index in [2.05, 4.69) is 4.99 Å². The molecule has 0 aromatic rings. The molecule has 0 aliphatic carbocycles. The average Bonchev–Trinajstić information content (AvgIpc) is 2.02. The van der Waals surface area contributed by atoms with E-state index in [-0.39, 0.29) is 12.4 Å². The van der Waals surface area contributed by atoms with E-state index in [1.165, 1.54) is 0 Å². The molecule has 0 bridgehead atoms. The van der Waals surface area contributed by atoms with Gasteiger partial charge in [-0.25, -0.2) is 4.79 Å². The molecule has 0 aliphatic rings. The first-order chi connectivity index (χ1) is 6.36. The van der Waals surface area contributed by atoms with Crippen LogP contribution in [0.3, 0.4) is 0 Å². The first-order valence-electron chi connectivity index (χ1n) is 4.16. The van der Waals surface area contributed by atoms with Gasteiger partial charge in [0.15, 0.2) is 5.96 Å². The summed E-state index contributed by atoms with van der Waals surface area (Å²) in [6.07, 6.45) is 0.989. The van der Waals surface area contributed by atoms with Crippen LogP contribution in [0.4, 0.5) is 0 Å². The monoisotopic (exact) mass is 204 g/mol. The van der Waals surface area contributed by atoms with Gasteiger partial charge in [0.25, 0.3) is 0 Å². The van der Waals surface area contributed by atoms with Gasteiger partial charge in [-0.05, 0) is 12.8 Å². The first kappa shape index (κ1) is 12.7. The Kier molecular flexibility index (Phi) is 4.89. The highest BCUT2D eigenvalue weighted by atomic mass is 16.4. The molecular weight excluding hydrogens is 188 g/mol. The normalized spacial score (nSPS) is 14.4. The summed E-state index contributed by atoms with van der Waals surface area (Å²) in [5, 5.41) is 17.5. The highest BCUT2D eigenvalue weighted by Crippen LogP contribution is 2.07. The van der Waals surface area contributed by atoms with E-state index in [9.17, 15) is 4.79 Å². The van der Waals surface area contributed by atoms with Gasteiger partial charge in [0.05, 0.1) is 0 Å². The molecule has 8 N–H and O–H groups in total. The SMILES string of the molecule is NC(N)=NCCCCC(N)(O)C(=O)O. The lowest BCUT2D eigenvalue weighted by molar-refractivity contribution is -0.158. The number of carbonyl (C=O) groups is 1. The molecule has 0 aromatic carbocycles. The topological polar surface area (TPSA) is 148 Å². The molecule has 14 heavy (non-hydrogen) atoms. The largest absolute Gasteiger partial charge is 0.478 e. The van der Waals surface area contributed by atoms with Crippen LogP contribution in [0.1, 0.15) is 19.3 Å². The van der Waals surface area contributed by atoms with Gasteiger partial charge >= 0.3 is 5.97 Å². The van der Waals surface area contributed by atoms with Crippen LogP contribution in [-0.2, 0) is 4.79 Å². The van der Waals surface area contributed by atoms with Crippen molar-refractivity contribution < 1.29 is 15.0 Å². The number of carboxylic acids is 1. The van der Waals surface area contributed by atoms with Gasteiger partial charge in [-0.3, -0.25) is 10.7 Å². The third-order valence-electron chi connectivity index (χ3n) is 1.63. The number of nitrogens with two attached hydrogens (primary N) is 3. The number of nitrogens with zero attached hydrogens (tertiary/aromatic N) is 1. The second-order valence-corrected chi connectivity index (χ2v) is 2.99. The maximum atomic E-state index is 10.4. The minimum Gasteiger partial charge on any atom is -0.478 e. The van der Waals surface area contributed by atoms with E-state index in [4.69, 9.17) is 27.4 Å². The van der Waals surface area contributed by atoms with Crippen LogP contribution < -0.4 is 17.2 Å². The molecule has 0 spiro atoms. The Balaban J connectivity index is 3.65. The first-order valence-corrected chi connectivity index (χ1v) is 4.16. The fraction of sp³-hybridized carbons (Fsp3) is 0.714. The predicted octanol–water partition coefficient (Wildman–Crippen LogP) is -1.84. The van der Waals surface area contributed by atoms with Crippen molar-refractivity contribution in [2.24, 2.45) is 22.2 Å². The van der Waals surface area contributed by atoms with Crippen LogP contribution in [0.2, 0.25) is 0 Å². The van der Waals surface area contributed by atoms with E-state index in [1.807, 2.05) is 0 Å². The molecule has 1 atom stereocenters. The third kappa shape index (κ3) is 5.33. The highest BCUT2D eigenvalue weighted by Gasteiger charge is 2.29. The Hall–Kier alpha value is -1.34. The number of rotatable bonds is 6. The second-order valence-electron chi connectivity index (χ2n) is 2.99. The number of unbranched alkanes of at least 4 members (excludes halogenated alkanes) is 1. The third-order valence-corrected chi connectivity index (χ3v) is 1.63. The van der Waals surface area contributed by atoms with Crippen molar-refractivity contribution in [2.45, 2.75) is 25.0 Å². The standard InChI is InChI=1S/C7H16N4O3/c8-6(9)11-4-2-1-3-7(10,14)5(12)13/h14H,1-4,10H2,(H,12,13)(H4,8,9,11). The van der Waals surface area contributed by atoms with Crippen molar-refractivity contribution in [1.82, 2.24) is 0 Å². The van der Waals surface area contributed by atoms with Crippen molar-refractivity contribution in [3.8, 4) is 0 Å². The molecule has 0 fully saturated rings. The maximum Gasteiger partial charge on any atom is 0.350 e. The molecule has 7 nitrogen and oxygen atoms in total. The van der Waals surface area contributed by atoms with E-state index < -0.39 is 11.7 Å². The van der Waals surface area contributed by atoms with Crippen LogP contribution in [0.15, 0.2) is 4.99 Å². The summed E-state index contributed by atoms with van der Waals surface area (Å²) in [5.74, 6) is -1.44. The lowest BCUT2D eigenvalue weighted by Gasteiger charge is -2.16. The summed E-state index contributed by atoms with van der Waals surface area (Å²) in [6.45, 7) is 0.401. The number of hydrogen-bond donors (Lipinski definition) is 5. The fourth-order valence-electron chi connectivity index (χ4n) is 0.821. The predicted molar refractivity (Wildman–Crippen MR) is 51.3 cm³/mol. The lowest BCUT2D eigenvalue weighted by Crippen LogP contribution is -2.47. The summed E-state index contributed by atoms with van der Waals surface area (Å²) < 4.78 is 0.